The van der Waals surface area contributed by atoms with Crippen LogP contribution in [0.5, 0.6) is 0 Å². The summed E-state index contributed by atoms with van der Waals surface area (Å²) in [6.45, 7) is 2.06. The second kappa shape index (κ2) is 3.90. The van der Waals surface area contributed by atoms with E-state index in [0.29, 0.717) is 0 Å². The van der Waals surface area contributed by atoms with Gasteiger partial charge in [-0.05, 0) is 19.1 Å². The van der Waals surface area contributed by atoms with E-state index in [0.717, 1.165) is 17.0 Å². The summed E-state index contributed by atoms with van der Waals surface area (Å²) in [5, 5.41) is 1.21. The molecule has 0 unspecified atom stereocenters. The van der Waals surface area contributed by atoms with E-state index in [1.54, 1.807) is 4.68 Å². The Labute approximate surface area is 116 Å². The number of nitrogens with two attached hydrogens (primary N) is 1. The molecule has 3 heteroatoms. The second-order valence-electron chi connectivity index (χ2n) is 5.07. The number of benzene rings is 2. The minimum absolute atomic E-state index is 1.02. The van der Waals surface area contributed by atoms with Crippen LogP contribution in [0.25, 0.3) is 27.8 Å². The molecule has 98 valence electrons. The Morgan fingerprint density at radius 3 is 2.40 bits per heavy atom. The average Bonchev–Trinajstić information content (AvgIpc) is 2.97. The molecular weight excluding hydrogens is 246 g/mol. The highest BCUT2D eigenvalue weighted by Crippen LogP contribution is 2.31. The molecule has 2 heterocycles. The van der Waals surface area contributed by atoms with Crippen molar-refractivity contribution in [3.63, 3.8) is 0 Å². The first-order chi connectivity index (χ1) is 9.77. The molecule has 4 aromatic rings. The lowest BCUT2D eigenvalue weighted by molar-refractivity contribution is 0.998. The SMILES string of the molecule is Cc1c(-c2ccccc2)n2c3ccccc3cc2n1N. The highest BCUT2D eigenvalue weighted by molar-refractivity contribution is 5.89. The number of nitrogens with zero attached hydrogens (tertiary/aromatic N) is 2. The van der Waals surface area contributed by atoms with Crippen molar-refractivity contribution in [3.05, 3.63) is 66.4 Å². The fraction of sp³-hybridized carbons (Fsp3) is 0.0588. The van der Waals surface area contributed by atoms with E-state index in [4.69, 9.17) is 5.84 Å². The number of rotatable bonds is 1. The number of para-hydroxylation sites is 1. The molecule has 0 amide bonds. The topological polar surface area (TPSA) is 35.4 Å². The maximum Gasteiger partial charge on any atom is 0.137 e. The van der Waals surface area contributed by atoms with Gasteiger partial charge in [0, 0.05) is 10.9 Å². The van der Waals surface area contributed by atoms with Gasteiger partial charge in [0.05, 0.1) is 16.9 Å². The number of nitrogen functional groups attached to an aromatic ring is 1. The zero-order chi connectivity index (χ0) is 13.7. The Bertz CT molecular complexity index is 914. The van der Waals surface area contributed by atoms with Crippen molar-refractivity contribution >= 4 is 16.6 Å². The van der Waals surface area contributed by atoms with Gasteiger partial charge in [-0.15, -0.1) is 0 Å². The molecule has 0 saturated carbocycles. The monoisotopic (exact) mass is 261 g/mol. The van der Waals surface area contributed by atoms with Crippen molar-refractivity contribution in [3.8, 4) is 11.3 Å². The molecule has 0 bridgehead atoms. The third-order valence-electron chi connectivity index (χ3n) is 3.91. The van der Waals surface area contributed by atoms with Gasteiger partial charge in [0.15, 0.2) is 0 Å². The molecule has 2 aromatic carbocycles. The van der Waals surface area contributed by atoms with Crippen LogP contribution in [0.4, 0.5) is 0 Å². The highest BCUT2D eigenvalue weighted by atomic mass is 15.3. The quantitative estimate of drug-likeness (QED) is 0.522. The van der Waals surface area contributed by atoms with Gasteiger partial charge in [-0.3, -0.25) is 4.40 Å². The normalized spacial score (nSPS) is 11.4. The lowest BCUT2D eigenvalue weighted by Crippen LogP contribution is -2.09. The number of hydrogen-bond acceptors (Lipinski definition) is 1. The third kappa shape index (κ3) is 1.35. The van der Waals surface area contributed by atoms with E-state index in [2.05, 4.69) is 65.9 Å². The van der Waals surface area contributed by atoms with Crippen LogP contribution in [0, 0.1) is 6.92 Å². The van der Waals surface area contributed by atoms with Crippen molar-refractivity contribution in [2.45, 2.75) is 6.92 Å². The van der Waals surface area contributed by atoms with Crippen LogP contribution in [-0.4, -0.2) is 9.08 Å². The van der Waals surface area contributed by atoms with E-state index in [9.17, 15) is 0 Å². The Morgan fingerprint density at radius 2 is 1.60 bits per heavy atom. The van der Waals surface area contributed by atoms with Gasteiger partial charge >= 0.3 is 0 Å². The predicted molar refractivity (Wildman–Crippen MR) is 83.2 cm³/mol. The summed E-state index contributed by atoms with van der Waals surface area (Å²) in [6.07, 6.45) is 0. The molecule has 0 aliphatic carbocycles. The first-order valence-corrected chi connectivity index (χ1v) is 6.69. The lowest BCUT2D eigenvalue weighted by atomic mass is 10.1. The maximum absolute atomic E-state index is 6.24. The molecule has 4 rings (SSSR count). The zero-order valence-corrected chi connectivity index (χ0v) is 11.2. The molecule has 0 spiro atoms. The van der Waals surface area contributed by atoms with Gasteiger partial charge in [-0.25, -0.2) is 4.68 Å². The predicted octanol–water partition coefficient (Wildman–Crippen LogP) is 3.58. The second-order valence-corrected chi connectivity index (χ2v) is 5.07. The smallest absolute Gasteiger partial charge is 0.137 e. The Kier molecular flexibility index (Phi) is 2.18. The summed E-state index contributed by atoms with van der Waals surface area (Å²) in [6, 6.07) is 20.9. The van der Waals surface area contributed by atoms with Crippen LogP contribution in [0.1, 0.15) is 5.69 Å². The number of imidazole rings is 1. The van der Waals surface area contributed by atoms with Gasteiger partial charge in [0.2, 0.25) is 0 Å². The summed E-state index contributed by atoms with van der Waals surface area (Å²) >= 11 is 0. The molecular formula is C17H15N3. The zero-order valence-electron chi connectivity index (χ0n) is 11.2. The van der Waals surface area contributed by atoms with E-state index >= 15 is 0 Å². The molecule has 2 N–H and O–H groups in total. The van der Waals surface area contributed by atoms with Gasteiger partial charge in [0.1, 0.15) is 5.65 Å². The molecule has 0 atom stereocenters. The number of fused-ring (bicyclic) bond motifs is 3. The lowest BCUT2D eigenvalue weighted by Gasteiger charge is -2.04. The van der Waals surface area contributed by atoms with Crippen molar-refractivity contribution in [2.24, 2.45) is 0 Å². The van der Waals surface area contributed by atoms with Crippen LogP contribution in [-0.2, 0) is 0 Å². The fourth-order valence-electron chi connectivity index (χ4n) is 2.93. The minimum atomic E-state index is 1.02. The molecule has 2 aromatic heterocycles. The molecule has 20 heavy (non-hydrogen) atoms. The summed E-state index contributed by atoms with van der Waals surface area (Å²) in [4.78, 5) is 0. The van der Waals surface area contributed by atoms with Crippen molar-refractivity contribution in [2.75, 3.05) is 5.84 Å². The van der Waals surface area contributed by atoms with Gasteiger partial charge < -0.3 is 5.84 Å². The Balaban J connectivity index is 2.22. The van der Waals surface area contributed by atoms with Gasteiger partial charge in [-0.2, -0.15) is 0 Å². The summed E-state index contributed by atoms with van der Waals surface area (Å²) in [5.74, 6) is 6.24. The van der Waals surface area contributed by atoms with Crippen LogP contribution in [0.3, 0.4) is 0 Å². The molecule has 0 saturated heterocycles. The molecule has 0 radical (unpaired) electrons. The number of hydrogen-bond donors (Lipinski definition) is 1. The highest BCUT2D eigenvalue weighted by Gasteiger charge is 2.16. The molecule has 0 aliphatic rings. The Hall–Kier alpha value is -2.68. The van der Waals surface area contributed by atoms with Gasteiger partial charge in [0.25, 0.3) is 0 Å². The summed E-state index contributed by atoms with van der Waals surface area (Å²) in [5.41, 5.74) is 5.61. The van der Waals surface area contributed by atoms with Crippen molar-refractivity contribution in [1.29, 1.82) is 0 Å². The van der Waals surface area contributed by atoms with Crippen LogP contribution in [0.15, 0.2) is 60.7 Å². The summed E-state index contributed by atoms with van der Waals surface area (Å²) < 4.78 is 4.00. The largest absolute Gasteiger partial charge is 0.337 e. The van der Waals surface area contributed by atoms with Crippen molar-refractivity contribution < 1.29 is 0 Å². The Morgan fingerprint density at radius 1 is 0.900 bits per heavy atom. The van der Waals surface area contributed by atoms with E-state index < -0.39 is 0 Å². The van der Waals surface area contributed by atoms with Crippen LogP contribution < -0.4 is 5.84 Å². The third-order valence-corrected chi connectivity index (χ3v) is 3.91. The number of aromatic nitrogens is 2. The maximum atomic E-state index is 6.24. The first-order valence-electron chi connectivity index (χ1n) is 6.69. The summed E-state index contributed by atoms with van der Waals surface area (Å²) in [7, 11) is 0. The molecule has 0 fully saturated rings. The first kappa shape index (κ1) is 11.2. The van der Waals surface area contributed by atoms with E-state index in [1.165, 1.54) is 16.5 Å². The molecule has 3 nitrogen and oxygen atoms in total. The van der Waals surface area contributed by atoms with E-state index in [-0.39, 0.29) is 0 Å². The van der Waals surface area contributed by atoms with E-state index in [1.807, 2.05) is 6.07 Å². The fourth-order valence-corrected chi connectivity index (χ4v) is 2.93. The standard InChI is InChI=1S/C17H15N3/c1-12-17(13-7-3-2-4-8-13)19-15-10-6-5-9-14(15)11-16(19)20(12)18/h2-11H,18H2,1H3. The van der Waals surface area contributed by atoms with Crippen molar-refractivity contribution in [1.82, 2.24) is 9.08 Å². The van der Waals surface area contributed by atoms with Gasteiger partial charge in [-0.1, -0.05) is 48.5 Å². The van der Waals surface area contributed by atoms with Crippen LogP contribution in [0.2, 0.25) is 0 Å². The average molecular weight is 261 g/mol. The minimum Gasteiger partial charge on any atom is -0.337 e. The molecule has 0 aliphatic heterocycles. The van der Waals surface area contributed by atoms with Crippen LogP contribution >= 0.6 is 0 Å².